The highest BCUT2D eigenvalue weighted by Crippen LogP contribution is 2.17. The molecule has 0 atom stereocenters. The number of rotatable bonds is 0. The van der Waals surface area contributed by atoms with Crippen LogP contribution in [-0.2, 0) is 7.05 Å². The van der Waals surface area contributed by atoms with Crippen molar-refractivity contribution in [1.29, 1.82) is 0 Å². The Balaban J connectivity index is -0.000000287. The van der Waals surface area contributed by atoms with Crippen molar-refractivity contribution in [2.24, 2.45) is 7.05 Å². The van der Waals surface area contributed by atoms with Gasteiger partial charge in [0.15, 0.2) is 5.82 Å². The first-order valence-electron chi connectivity index (χ1n) is 5.05. The summed E-state index contributed by atoms with van der Waals surface area (Å²) in [5.41, 5.74) is 6.72. The zero-order valence-electron chi connectivity index (χ0n) is 10.6. The molecular weight excluding hydrogens is 238 g/mol. The first kappa shape index (κ1) is 18.1. The van der Waals surface area contributed by atoms with Gasteiger partial charge in [-0.05, 0) is 24.2 Å². The molecule has 0 aliphatic rings. The van der Waals surface area contributed by atoms with Crippen molar-refractivity contribution in [1.82, 2.24) is 9.78 Å². The van der Waals surface area contributed by atoms with Crippen molar-refractivity contribution in [3.05, 3.63) is 24.3 Å². The van der Waals surface area contributed by atoms with Gasteiger partial charge in [-0.25, -0.2) is 0 Å². The largest absolute Gasteiger partial charge is 0.412 e. The van der Waals surface area contributed by atoms with Crippen LogP contribution in [0.1, 0.15) is 15.3 Å². The van der Waals surface area contributed by atoms with Gasteiger partial charge in [-0.1, -0.05) is 26.0 Å². The molecule has 0 unspecified atom stereocenters. The molecule has 100 valence electrons. The molecule has 1 aromatic heterocycles. The molecule has 1 heterocycles. The molecule has 0 fully saturated rings. The van der Waals surface area contributed by atoms with Crippen molar-refractivity contribution >= 4 is 28.8 Å². The molecule has 0 aliphatic carbocycles. The van der Waals surface area contributed by atoms with Crippen LogP contribution in [0.5, 0.6) is 0 Å². The Hall–Kier alpha value is -1.24. The summed E-state index contributed by atoms with van der Waals surface area (Å²) in [5.74, 6) is 0.600. The third kappa shape index (κ3) is 5.08. The number of hydrogen-bond donors (Lipinski definition) is 2. The lowest BCUT2D eigenvalue weighted by molar-refractivity contribution is 0.669. The first-order valence-corrected chi connectivity index (χ1v) is 6.23. The molecule has 5 N–H and O–H groups in total. The van der Waals surface area contributed by atoms with Crippen molar-refractivity contribution in [2.45, 2.75) is 13.8 Å². The van der Waals surface area contributed by atoms with Gasteiger partial charge in [-0.2, -0.15) is 5.10 Å². The highest BCUT2D eigenvalue weighted by molar-refractivity contribution is 7.93. The van der Waals surface area contributed by atoms with E-state index in [4.69, 9.17) is 10.3 Å². The third-order valence-corrected chi connectivity index (χ3v) is 1.79. The Labute approximate surface area is 108 Å². The molecule has 5 nitrogen and oxygen atoms in total. The number of benzene rings is 1. The zero-order chi connectivity index (χ0) is 12.6. The molecule has 6 heteroatoms. The van der Waals surface area contributed by atoms with E-state index < -0.39 is 0 Å². The molecule has 2 aromatic rings. The Morgan fingerprint density at radius 1 is 1.35 bits per heavy atom. The fourth-order valence-corrected chi connectivity index (χ4v) is 1.24. The van der Waals surface area contributed by atoms with Crippen LogP contribution in [0, 0.1) is 0 Å². The van der Waals surface area contributed by atoms with E-state index in [9.17, 15) is 0 Å². The minimum absolute atomic E-state index is 0. The van der Waals surface area contributed by atoms with Crippen molar-refractivity contribution in [2.75, 3.05) is 12.0 Å². The maximum atomic E-state index is 7.49. The summed E-state index contributed by atoms with van der Waals surface area (Å²) in [4.78, 5) is 0. The number of nitrogen functional groups attached to an aromatic ring is 1. The number of aromatic nitrogens is 2. The molecule has 1 aromatic carbocycles. The summed E-state index contributed by atoms with van der Waals surface area (Å²) < 4.78 is 9.27. The fourth-order valence-electron chi connectivity index (χ4n) is 1.24. The lowest BCUT2D eigenvalue weighted by atomic mass is 10.2. The second-order valence-electron chi connectivity index (χ2n) is 2.71. The number of fused-ring (bicyclic) bond motifs is 1. The number of aryl methyl sites for hydroxylation is 1. The lowest BCUT2D eigenvalue weighted by Crippen LogP contribution is -1.90. The van der Waals surface area contributed by atoms with E-state index in [2.05, 4.69) is 5.10 Å². The quantitative estimate of drug-likeness (QED) is 0.712. The van der Waals surface area contributed by atoms with E-state index in [1.54, 1.807) is 10.9 Å². The van der Waals surface area contributed by atoms with Gasteiger partial charge in [0.1, 0.15) is 0 Å². The molecule has 2 rings (SSSR count). The molecule has 17 heavy (non-hydrogen) atoms. The number of hydrogen-bond acceptors (Lipinski definition) is 4. The molecule has 0 aliphatic heterocycles. The Bertz CT molecular complexity index is 388. The van der Waals surface area contributed by atoms with Crippen LogP contribution in [0.4, 0.5) is 5.82 Å². The van der Waals surface area contributed by atoms with E-state index in [0.29, 0.717) is 5.82 Å². The number of para-hydroxylation sites is 1. The smallest absolute Gasteiger partial charge is 0.153 e. The van der Waals surface area contributed by atoms with Crippen LogP contribution in [0.15, 0.2) is 24.3 Å². The van der Waals surface area contributed by atoms with E-state index in [1.807, 2.05) is 45.2 Å². The lowest BCUT2D eigenvalue weighted by Gasteiger charge is -1.89. The van der Waals surface area contributed by atoms with Crippen LogP contribution in [0.3, 0.4) is 0 Å². The van der Waals surface area contributed by atoms with Gasteiger partial charge >= 0.3 is 0 Å². The van der Waals surface area contributed by atoms with Gasteiger partial charge in [0, 0.05) is 20.1 Å². The molecule has 0 radical (unpaired) electrons. The minimum atomic E-state index is 0. The summed E-state index contributed by atoms with van der Waals surface area (Å²) in [6.45, 7) is 4.00. The van der Waals surface area contributed by atoms with Crippen molar-refractivity contribution in [3.63, 3.8) is 0 Å². The molecule has 0 saturated carbocycles. The standard InChI is InChI=1S/C8H9N3.C2H6.CH4OS.H2O.H2/c1-11-7-5-3-2-4-6(7)8(9)10-11;1-2;1-3-2;;/h2-5H,1H3,(H2,9,10);1-2H3;2H,1H3;1H2;1H. The Morgan fingerprint density at radius 2 is 1.82 bits per heavy atom. The summed E-state index contributed by atoms with van der Waals surface area (Å²) in [6.07, 6.45) is 1.60. The van der Waals surface area contributed by atoms with Crippen LogP contribution in [0.25, 0.3) is 10.9 Å². The number of nitrogens with zero attached hydrogens (tertiary/aromatic N) is 2. The first-order chi connectivity index (χ1) is 7.70. The Morgan fingerprint density at radius 3 is 2.29 bits per heavy atom. The Kier molecular flexibility index (Phi) is 10.6. The maximum Gasteiger partial charge on any atom is 0.153 e. The molecular formula is C11H23N3O2S. The topological polar surface area (TPSA) is 95.6 Å². The second kappa shape index (κ2) is 9.95. The van der Waals surface area contributed by atoms with Crippen LogP contribution in [-0.4, -0.2) is 26.1 Å². The average molecular weight is 261 g/mol. The van der Waals surface area contributed by atoms with Crippen molar-refractivity contribution in [3.8, 4) is 0 Å². The maximum absolute atomic E-state index is 7.49. The molecule has 0 saturated heterocycles. The van der Waals surface area contributed by atoms with E-state index in [-0.39, 0.29) is 6.90 Å². The SMILES string of the molecule is CC.CSO.Cn1nc(N)c2ccccc21.O.[HH]. The molecule has 0 amide bonds. The summed E-state index contributed by atoms with van der Waals surface area (Å²) in [7, 11) is 1.89. The predicted octanol–water partition coefficient (Wildman–Crippen LogP) is 2.43. The van der Waals surface area contributed by atoms with Crippen molar-refractivity contribution < 1.29 is 11.5 Å². The molecule has 0 bridgehead atoms. The van der Waals surface area contributed by atoms with Gasteiger partial charge in [-0.15, -0.1) is 0 Å². The number of nitrogens with two attached hydrogens (primary N) is 1. The predicted molar refractivity (Wildman–Crippen MR) is 78.3 cm³/mol. The van der Waals surface area contributed by atoms with E-state index in [1.165, 1.54) is 0 Å². The highest BCUT2D eigenvalue weighted by atomic mass is 32.2. The van der Waals surface area contributed by atoms with E-state index in [0.717, 1.165) is 22.9 Å². The fraction of sp³-hybridized carbons (Fsp3) is 0.364. The highest BCUT2D eigenvalue weighted by Gasteiger charge is 2.01. The van der Waals surface area contributed by atoms with Crippen LogP contribution in [0.2, 0.25) is 0 Å². The zero-order valence-corrected chi connectivity index (χ0v) is 11.5. The minimum Gasteiger partial charge on any atom is -0.412 e. The van der Waals surface area contributed by atoms with Gasteiger partial charge in [0.25, 0.3) is 0 Å². The molecule has 0 spiro atoms. The second-order valence-corrected chi connectivity index (χ2v) is 3.07. The van der Waals surface area contributed by atoms with Gasteiger partial charge in [-0.3, -0.25) is 4.68 Å². The summed E-state index contributed by atoms with van der Waals surface area (Å²) in [6, 6.07) is 7.90. The normalized spacial score (nSPS) is 8.29. The summed E-state index contributed by atoms with van der Waals surface area (Å²) in [5, 5.41) is 5.11. The van der Waals surface area contributed by atoms with E-state index >= 15 is 0 Å². The van der Waals surface area contributed by atoms with Gasteiger partial charge in [0.2, 0.25) is 0 Å². The monoisotopic (exact) mass is 261 g/mol. The van der Waals surface area contributed by atoms with Gasteiger partial charge < -0.3 is 15.8 Å². The third-order valence-electron chi connectivity index (χ3n) is 1.79. The van der Waals surface area contributed by atoms with Crippen LogP contribution < -0.4 is 5.73 Å². The van der Waals surface area contributed by atoms with Crippen LogP contribution >= 0.6 is 12.0 Å². The average Bonchev–Trinajstić information content (AvgIpc) is 2.60. The van der Waals surface area contributed by atoms with Gasteiger partial charge in [0.05, 0.1) is 5.52 Å². The summed E-state index contributed by atoms with van der Waals surface area (Å²) >= 11 is 0.750. The number of anilines is 1.